The first kappa shape index (κ1) is 8.30. The third-order valence-electron chi connectivity index (χ3n) is 2.38. The minimum absolute atomic E-state index is 0.177. The maximum Gasteiger partial charge on any atom is 0.125 e. The molecule has 0 saturated carbocycles. The fourth-order valence-corrected chi connectivity index (χ4v) is 1.60. The average molecular weight is 177 g/mol. The van der Waals surface area contributed by atoms with Crippen molar-refractivity contribution in [3.05, 3.63) is 41.4 Å². The molecule has 1 aliphatic heterocycles. The van der Waals surface area contributed by atoms with E-state index < -0.39 is 0 Å². The minimum atomic E-state index is -0.177. The van der Waals surface area contributed by atoms with Gasteiger partial charge in [0.15, 0.2) is 0 Å². The van der Waals surface area contributed by atoms with E-state index in [9.17, 15) is 4.39 Å². The molecule has 1 aromatic rings. The summed E-state index contributed by atoms with van der Waals surface area (Å²) < 4.78 is 12.9. The van der Waals surface area contributed by atoms with Crippen LogP contribution in [0.4, 0.5) is 10.1 Å². The van der Waals surface area contributed by atoms with Crippen LogP contribution < -0.4 is 5.32 Å². The van der Waals surface area contributed by atoms with E-state index in [1.807, 2.05) is 19.1 Å². The molecule has 0 atom stereocenters. The highest BCUT2D eigenvalue weighted by Gasteiger charge is 2.11. The zero-order valence-electron chi connectivity index (χ0n) is 7.60. The summed E-state index contributed by atoms with van der Waals surface area (Å²) in [6.07, 6.45) is 4.06. The van der Waals surface area contributed by atoms with Crippen molar-refractivity contribution in [1.82, 2.24) is 0 Å². The van der Waals surface area contributed by atoms with Gasteiger partial charge in [-0.1, -0.05) is 12.1 Å². The van der Waals surface area contributed by atoms with Crippen LogP contribution in [0.1, 0.15) is 18.9 Å². The Morgan fingerprint density at radius 1 is 1.38 bits per heavy atom. The molecule has 13 heavy (non-hydrogen) atoms. The van der Waals surface area contributed by atoms with Crippen LogP contribution >= 0.6 is 0 Å². The van der Waals surface area contributed by atoms with Gasteiger partial charge in [-0.05, 0) is 37.5 Å². The monoisotopic (exact) mass is 177 g/mol. The molecule has 0 bridgehead atoms. The van der Waals surface area contributed by atoms with E-state index in [0.717, 1.165) is 18.5 Å². The van der Waals surface area contributed by atoms with Gasteiger partial charge in [-0.2, -0.15) is 0 Å². The first-order valence-corrected chi connectivity index (χ1v) is 4.50. The summed E-state index contributed by atoms with van der Waals surface area (Å²) in [7, 11) is 0. The second-order valence-electron chi connectivity index (χ2n) is 3.24. The Bertz CT molecular complexity index is 355. The van der Waals surface area contributed by atoms with E-state index in [0.29, 0.717) is 0 Å². The molecule has 1 aliphatic rings. The molecule has 0 unspecified atom stereocenters. The molecule has 1 N–H and O–H groups in total. The summed E-state index contributed by atoms with van der Waals surface area (Å²) in [4.78, 5) is 0. The van der Waals surface area contributed by atoms with E-state index in [-0.39, 0.29) is 5.82 Å². The Kier molecular flexibility index (Phi) is 2.05. The summed E-state index contributed by atoms with van der Waals surface area (Å²) in [5.74, 6) is -0.177. The summed E-state index contributed by atoms with van der Waals surface area (Å²) >= 11 is 0. The molecular formula is C11H12FN. The van der Waals surface area contributed by atoms with E-state index in [2.05, 4.69) is 5.32 Å². The lowest BCUT2D eigenvalue weighted by molar-refractivity contribution is 0.627. The zero-order valence-corrected chi connectivity index (χ0v) is 7.60. The SMILES string of the molecule is CC=C1CCc2ccc(F)cc2N1. The fourth-order valence-electron chi connectivity index (χ4n) is 1.60. The normalized spacial score (nSPS) is 18.2. The molecule has 0 saturated heterocycles. The topological polar surface area (TPSA) is 12.0 Å². The van der Waals surface area contributed by atoms with Crippen molar-refractivity contribution in [3.63, 3.8) is 0 Å². The van der Waals surface area contributed by atoms with Crippen LogP contribution in [-0.2, 0) is 6.42 Å². The van der Waals surface area contributed by atoms with Crippen LogP contribution in [-0.4, -0.2) is 0 Å². The summed E-state index contributed by atoms with van der Waals surface area (Å²) in [5.41, 5.74) is 3.30. The van der Waals surface area contributed by atoms with Crippen LogP contribution in [0.3, 0.4) is 0 Å². The molecule has 68 valence electrons. The lowest BCUT2D eigenvalue weighted by Crippen LogP contribution is -2.09. The smallest absolute Gasteiger partial charge is 0.125 e. The quantitative estimate of drug-likeness (QED) is 0.642. The van der Waals surface area contributed by atoms with Crippen LogP contribution in [0.5, 0.6) is 0 Å². The number of hydrogen-bond acceptors (Lipinski definition) is 1. The number of benzene rings is 1. The molecule has 0 fully saturated rings. The first-order chi connectivity index (χ1) is 6.29. The van der Waals surface area contributed by atoms with Crippen LogP contribution in [0, 0.1) is 5.82 Å². The third kappa shape index (κ3) is 1.57. The highest BCUT2D eigenvalue weighted by molar-refractivity contribution is 5.57. The van der Waals surface area contributed by atoms with Gasteiger partial charge >= 0.3 is 0 Å². The van der Waals surface area contributed by atoms with Gasteiger partial charge in [0.1, 0.15) is 5.82 Å². The van der Waals surface area contributed by atoms with Gasteiger partial charge in [0.25, 0.3) is 0 Å². The van der Waals surface area contributed by atoms with E-state index >= 15 is 0 Å². The average Bonchev–Trinajstić information content (AvgIpc) is 2.16. The Labute approximate surface area is 77.3 Å². The number of hydrogen-bond donors (Lipinski definition) is 1. The van der Waals surface area contributed by atoms with Crippen molar-refractivity contribution in [2.75, 3.05) is 5.32 Å². The van der Waals surface area contributed by atoms with E-state index in [4.69, 9.17) is 0 Å². The molecule has 1 heterocycles. The van der Waals surface area contributed by atoms with Gasteiger partial charge in [0.2, 0.25) is 0 Å². The van der Waals surface area contributed by atoms with Crippen LogP contribution in [0.25, 0.3) is 0 Å². The van der Waals surface area contributed by atoms with Gasteiger partial charge in [-0.3, -0.25) is 0 Å². The van der Waals surface area contributed by atoms with E-state index in [1.165, 1.54) is 17.3 Å². The Morgan fingerprint density at radius 3 is 3.00 bits per heavy atom. The predicted octanol–water partition coefficient (Wildman–Crippen LogP) is 3.09. The van der Waals surface area contributed by atoms with E-state index in [1.54, 1.807) is 6.07 Å². The second kappa shape index (κ2) is 3.21. The third-order valence-corrected chi connectivity index (χ3v) is 2.38. The largest absolute Gasteiger partial charge is 0.359 e. The van der Waals surface area contributed by atoms with Crippen LogP contribution in [0.2, 0.25) is 0 Å². The number of halogens is 1. The highest BCUT2D eigenvalue weighted by atomic mass is 19.1. The number of rotatable bonds is 0. The zero-order chi connectivity index (χ0) is 9.26. The van der Waals surface area contributed by atoms with Crippen molar-refractivity contribution < 1.29 is 4.39 Å². The Hall–Kier alpha value is -1.31. The molecule has 0 radical (unpaired) electrons. The number of nitrogens with one attached hydrogen (secondary N) is 1. The van der Waals surface area contributed by atoms with Crippen molar-refractivity contribution in [2.24, 2.45) is 0 Å². The Balaban J connectivity index is 2.38. The molecule has 1 aromatic carbocycles. The lowest BCUT2D eigenvalue weighted by Gasteiger charge is -2.20. The molecular weight excluding hydrogens is 165 g/mol. The molecule has 0 amide bonds. The summed E-state index contributed by atoms with van der Waals surface area (Å²) in [6, 6.07) is 4.92. The van der Waals surface area contributed by atoms with Crippen molar-refractivity contribution in [2.45, 2.75) is 19.8 Å². The number of anilines is 1. The summed E-state index contributed by atoms with van der Waals surface area (Å²) in [6.45, 7) is 1.99. The van der Waals surface area contributed by atoms with Crippen molar-refractivity contribution in [1.29, 1.82) is 0 Å². The molecule has 2 heteroatoms. The molecule has 0 aliphatic carbocycles. The second-order valence-corrected chi connectivity index (χ2v) is 3.24. The standard InChI is InChI=1S/C11H12FN/c1-2-10-6-4-8-3-5-9(12)7-11(8)13-10/h2-3,5,7,13H,4,6H2,1H3. The van der Waals surface area contributed by atoms with Crippen molar-refractivity contribution in [3.8, 4) is 0 Å². The van der Waals surface area contributed by atoms with Gasteiger partial charge in [0.05, 0.1) is 0 Å². The van der Waals surface area contributed by atoms with Gasteiger partial charge in [-0.25, -0.2) is 4.39 Å². The van der Waals surface area contributed by atoms with Gasteiger partial charge in [0, 0.05) is 11.4 Å². The molecule has 0 aromatic heterocycles. The number of allylic oxidation sites excluding steroid dienone is 2. The Morgan fingerprint density at radius 2 is 2.23 bits per heavy atom. The maximum absolute atomic E-state index is 12.9. The molecule has 0 spiro atoms. The van der Waals surface area contributed by atoms with Crippen molar-refractivity contribution >= 4 is 5.69 Å². The lowest BCUT2D eigenvalue weighted by atomic mass is 10.0. The fraction of sp³-hybridized carbons (Fsp3) is 0.273. The predicted molar refractivity (Wildman–Crippen MR) is 52.1 cm³/mol. The van der Waals surface area contributed by atoms with Crippen LogP contribution in [0.15, 0.2) is 30.0 Å². The number of aryl methyl sites for hydroxylation is 1. The van der Waals surface area contributed by atoms with Gasteiger partial charge in [-0.15, -0.1) is 0 Å². The highest BCUT2D eigenvalue weighted by Crippen LogP contribution is 2.26. The first-order valence-electron chi connectivity index (χ1n) is 4.50. The number of fused-ring (bicyclic) bond motifs is 1. The maximum atomic E-state index is 12.9. The minimum Gasteiger partial charge on any atom is -0.359 e. The molecule has 1 nitrogen and oxygen atoms in total. The van der Waals surface area contributed by atoms with Gasteiger partial charge < -0.3 is 5.32 Å². The molecule has 2 rings (SSSR count). The summed E-state index contributed by atoms with van der Waals surface area (Å²) in [5, 5.41) is 3.21.